The highest BCUT2D eigenvalue weighted by Crippen LogP contribution is 2.33. The van der Waals surface area contributed by atoms with Crippen molar-refractivity contribution < 1.29 is 37.5 Å². The van der Waals surface area contributed by atoms with Gasteiger partial charge >= 0.3 is 20.5 Å². The third kappa shape index (κ3) is 41.9. The zero-order valence-corrected chi connectivity index (χ0v) is 36.5. The molecule has 0 aromatic carbocycles. The Bertz CT molecular complexity index is 835. The Balaban J connectivity index is 4.22. The number of likely N-dealkylation sites (N-methyl/N-ethyl adjacent to an activating group) is 1. The van der Waals surface area contributed by atoms with Gasteiger partial charge < -0.3 is 27.9 Å². The molecule has 0 radical (unpaired) electrons. The molecule has 0 rings (SSSR count). The average molecular weight is 773 g/mol. The van der Waals surface area contributed by atoms with Crippen LogP contribution in [-0.2, 0) is 28.1 Å². The quantitative estimate of drug-likeness (QED) is 0.0217. The first-order valence-corrected chi connectivity index (χ1v) is 23.4. The molecule has 0 spiro atoms. The molecule has 8 nitrogen and oxygen atoms in total. The molecular weight excluding hydrogens is 685 g/mol. The molecule has 0 bridgehead atoms. The number of nitrogens with zero attached hydrogens (tertiary/aromatic N) is 1. The van der Waals surface area contributed by atoms with Crippen LogP contribution in [0, 0.1) is 0 Å². The molecule has 0 aliphatic heterocycles. The fourth-order valence-electron chi connectivity index (χ4n) is 6.18. The lowest BCUT2D eigenvalue weighted by Crippen LogP contribution is -2.37. The summed E-state index contributed by atoms with van der Waals surface area (Å²) in [5.74, 6) is -0.619. The number of ether oxygens (including phenoxy) is 2. The Labute approximate surface area is 329 Å². The van der Waals surface area contributed by atoms with Crippen LogP contribution in [0.4, 0.5) is 0 Å². The van der Waals surface area contributed by atoms with Gasteiger partial charge in [-0.1, -0.05) is 167 Å². The summed E-state index contributed by atoms with van der Waals surface area (Å²) in [7, 11) is 4.02. The summed E-state index contributed by atoms with van der Waals surface area (Å²) >= 11 is 0. The maximum absolute atomic E-state index is 12.7. The molecule has 1 N–H and O–H groups in total. The maximum Gasteiger partial charge on any atom is 0.330 e. The van der Waals surface area contributed by atoms with Crippen LogP contribution < -0.4 is 0 Å². The Morgan fingerprint density at radius 1 is 0.547 bits per heavy atom. The molecule has 0 heterocycles. The van der Waals surface area contributed by atoms with Crippen LogP contribution in [0.5, 0.6) is 0 Å². The van der Waals surface area contributed by atoms with Gasteiger partial charge in [-0.2, -0.15) is 0 Å². The third-order valence-electron chi connectivity index (χ3n) is 9.69. The second kappa shape index (κ2) is 39.2. The maximum atomic E-state index is 12.7. The van der Waals surface area contributed by atoms with E-state index in [1.54, 1.807) is 0 Å². The number of carbonyl (C=O) groups is 2. The van der Waals surface area contributed by atoms with Crippen LogP contribution in [0.25, 0.3) is 0 Å². The molecule has 9 heteroatoms. The predicted molar refractivity (Wildman–Crippen MR) is 224 cm³/mol. The molecule has 0 aromatic heterocycles. The number of rotatable bonds is 41. The van der Waals surface area contributed by atoms with Crippen molar-refractivity contribution in [2.24, 2.45) is 0 Å². The summed E-state index contributed by atoms with van der Waals surface area (Å²) in [4.78, 5) is 35.4. The predicted octanol–water partition coefficient (Wildman–Crippen LogP) is 12.7. The second-order valence-electron chi connectivity index (χ2n) is 16.2. The van der Waals surface area contributed by atoms with Gasteiger partial charge in [0.05, 0.1) is 27.7 Å². The molecule has 53 heavy (non-hydrogen) atoms. The van der Waals surface area contributed by atoms with Gasteiger partial charge in [0, 0.05) is 12.8 Å². The fourth-order valence-corrected chi connectivity index (χ4v) is 6.78. The van der Waals surface area contributed by atoms with Crippen LogP contribution in [0.3, 0.4) is 0 Å². The lowest BCUT2D eigenvalue weighted by atomic mass is 10.0. The number of hydrogen-bond acceptors (Lipinski definition) is 7. The number of unbranched alkanes of at least 4 members (excludes halogenated alkanes) is 25. The summed E-state index contributed by atoms with van der Waals surface area (Å²) in [6.45, 7) is 5.42. The Hall–Kier alpha value is -1.05. The number of hydrogen-bond donors (Lipinski definition) is 1. The lowest BCUT2D eigenvalue weighted by molar-refractivity contribution is -0.870. The topological polar surface area (TPSA) is 91.3 Å². The van der Waals surface area contributed by atoms with E-state index >= 15 is 0 Å². The summed E-state index contributed by atoms with van der Waals surface area (Å²) in [6, 6.07) is 0. The van der Waals surface area contributed by atoms with E-state index in [1.807, 2.05) is 21.1 Å². The first kappa shape index (κ1) is 52.0. The van der Waals surface area contributed by atoms with E-state index in [0.29, 0.717) is 30.5 Å². The van der Waals surface area contributed by atoms with E-state index in [-0.39, 0.29) is 25.2 Å². The van der Waals surface area contributed by atoms with Crippen molar-refractivity contribution in [2.75, 3.05) is 47.5 Å². The van der Waals surface area contributed by atoms with E-state index in [2.05, 4.69) is 26.0 Å². The minimum atomic E-state index is -2.12. The van der Waals surface area contributed by atoms with E-state index in [9.17, 15) is 14.5 Å². The molecule has 0 amide bonds. The minimum Gasteiger partial charge on any atom is -0.462 e. The van der Waals surface area contributed by atoms with Crippen LogP contribution in [0.15, 0.2) is 12.2 Å². The van der Waals surface area contributed by atoms with Crippen molar-refractivity contribution in [1.82, 2.24) is 0 Å². The standard InChI is InChI=1S/C44H87NO7P/c1-6-8-10-12-14-16-18-20-22-24-26-28-30-32-34-36-43(46)49-40-42(41-51-53(48)50-39-38-45(3,4)5)52-44(47)37-35-33-31-29-27-25-23-21-19-17-15-13-11-9-7-2/h20,22,42,48H,6-19,21,23-41H2,1-5H3/q+1/b22-20-. The zero-order valence-electron chi connectivity index (χ0n) is 35.6. The number of allylic oxidation sites excluding steroid dienone is 2. The Kier molecular flexibility index (Phi) is 38.4. The summed E-state index contributed by atoms with van der Waals surface area (Å²) in [5.41, 5.74) is 0. The summed E-state index contributed by atoms with van der Waals surface area (Å²) < 4.78 is 22.8. The smallest absolute Gasteiger partial charge is 0.330 e. The molecule has 0 saturated carbocycles. The minimum absolute atomic E-state index is 0.0855. The van der Waals surface area contributed by atoms with Gasteiger partial charge in [-0.25, -0.2) is 0 Å². The monoisotopic (exact) mass is 773 g/mol. The van der Waals surface area contributed by atoms with E-state index in [1.165, 1.54) is 135 Å². The highest BCUT2D eigenvalue weighted by Gasteiger charge is 2.21. The van der Waals surface area contributed by atoms with E-state index < -0.39 is 14.7 Å². The van der Waals surface area contributed by atoms with Gasteiger partial charge in [-0.3, -0.25) is 9.59 Å². The number of esters is 2. The van der Waals surface area contributed by atoms with Gasteiger partial charge in [0.15, 0.2) is 6.10 Å². The molecular formula is C44H87NO7P+. The first-order chi connectivity index (χ1) is 25.7. The third-order valence-corrected chi connectivity index (χ3v) is 10.5. The molecule has 2 unspecified atom stereocenters. The van der Waals surface area contributed by atoms with Crippen LogP contribution in [0.1, 0.15) is 206 Å². The van der Waals surface area contributed by atoms with Crippen molar-refractivity contribution in [2.45, 2.75) is 213 Å². The van der Waals surface area contributed by atoms with Gasteiger partial charge in [-0.05, 0) is 38.5 Å². The van der Waals surface area contributed by atoms with Crippen LogP contribution in [-0.4, -0.2) is 74.9 Å². The van der Waals surface area contributed by atoms with Crippen molar-refractivity contribution >= 4 is 20.5 Å². The SMILES string of the molecule is CCCCCCCC/C=C\CCCCCCCC(=O)OCC(COP(O)OCC[N+](C)(C)C)OC(=O)CCCCCCCCCCCCCCCCC. The van der Waals surface area contributed by atoms with Crippen molar-refractivity contribution in [3.8, 4) is 0 Å². The summed E-state index contributed by atoms with van der Waals surface area (Å²) in [5, 5.41) is 0. The van der Waals surface area contributed by atoms with Gasteiger partial charge in [-0.15, -0.1) is 0 Å². The molecule has 2 atom stereocenters. The molecule has 0 aliphatic rings. The highest BCUT2D eigenvalue weighted by molar-refractivity contribution is 7.40. The molecule has 0 aliphatic carbocycles. The van der Waals surface area contributed by atoms with E-state index in [0.717, 1.165) is 44.9 Å². The van der Waals surface area contributed by atoms with Gasteiger partial charge in [0.25, 0.3) is 0 Å². The molecule has 0 fully saturated rings. The van der Waals surface area contributed by atoms with Crippen molar-refractivity contribution in [3.05, 3.63) is 12.2 Å². The lowest BCUT2D eigenvalue weighted by Gasteiger charge is -2.24. The normalized spacial score (nSPS) is 13.1. The molecule has 0 saturated heterocycles. The van der Waals surface area contributed by atoms with Gasteiger partial charge in [0.1, 0.15) is 19.8 Å². The van der Waals surface area contributed by atoms with Crippen LogP contribution >= 0.6 is 8.60 Å². The largest absolute Gasteiger partial charge is 0.462 e. The second-order valence-corrected chi connectivity index (χ2v) is 17.2. The summed E-state index contributed by atoms with van der Waals surface area (Å²) in [6.07, 6.45) is 39.3. The molecule has 0 aromatic rings. The van der Waals surface area contributed by atoms with Crippen molar-refractivity contribution in [3.63, 3.8) is 0 Å². The van der Waals surface area contributed by atoms with Crippen LogP contribution in [0.2, 0.25) is 0 Å². The fraction of sp³-hybridized carbons (Fsp3) is 0.909. The molecule has 314 valence electrons. The van der Waals surface area contributed by atoms with Crippen molar-refractivity contribution in [1.29, 1.82) is 0 Å². The average Bonchev–Trinajstić information content (AvgIpc) is 3.12. The number of carbonyl (C=O) groups excluding carboxylic acids is 2. The first-order valence-electron chi connectivity index (χ1n) is 22.2. The number of quaternary nitrogens is 1. The Morgan fingerprint density at radius 2 is 0.943 bits per heavy atom. The van der Waals surface area contributed by atoms with E-state index in [4.69, 9.17) is 18.5 Å². The highest BCUT2D eigenvalue weighted by atomic mass is 31.2. The Morgan fingerprint density at radius 3 is 1.38 bits per heavy atom. The zero-order chi connectivity index (χ0) is 39.1. The van der Waals surface area contributed by atoms with Gasteiger partial charge in [0.2, 0.25) is 0 Å².